The van der Waals surface area contributed by atoms with Gasteiger partial charge in [0.1, 0.15) is 5.75 Å². The smallest absolute Gasteiger partial charge is 0.119 e. The molecule has 1 saturated carbocycles. The molecule has 0 amide bonds. The number of nitrogens with one attached hydrogen (secondary N) is 1. The van der Waals surface area contributed by atoms with E-state index in [1.54, 1.807) is 0 Å². The van der Waals surface area contributed by atoms with Gasteiger partial charge in [0.25, 0.3) is 0 Å². The minimum absolute atomic E-state index is 0.722. The third kappa shape index (κ3) is 3.22. The minimum atomic E-state index is 0.722. The lowest BCUT2D eigenvalue weighted by atomic mass is 9.82. The molecule has 2 nitrogen and oxygen atoms in total. The lowest BCUT2D eigenvalue weighted by molar-refractivity contribution is 0.336. The highest BCUT2D eigenvalue weighted by molar-refractivity contribution is 5.31. The quantitative estimate of drug-likeness (QED) is 0.861. The standard InChI is InChI=1S/C15H23NO/c1-3-17-15-6-4-5-13(11-15)12-7-9-14(16-2)10-8-12/h4-6,11-12,14,16H,3,7-10H2,1-2H3. The van der Waals surface area contributed by atoms with Gasteiger partial charge in [0, 0.05) is 6.04 Å². The molecule has 0 heterocycles. The Kier molecular flexibility index (Phi) is 4.43. The second-order valence-electron chi connectivity index (χ2n) is 4.84. The molecule has 0 aliphatic heterocycles. The van der Waals surface area contributed by atoms with Crippen LogP contribution in [0.25, 0.3) is 0 Å². The third-order valence-electron chi connectivity index (χ3n) is 3.78. The molecular weight excluding hydrogens is 210 g/mol. The molecule has 1 N–H and O–H groups in total. The average molecular weight is 233 g/mol. The van der Waals surface area contributed by atoms with Crippen molar-refractivity contribution < 1.29 is 4.74 Å². The van der Waals surface area contributed by atoms with Crippen LogP contribution in [0, 0.1) is 0 Å². The zero-order chi connectivity index (χ0) is 12.1. The van der Waals surface area contributed by atoms with Crippen molar-refractivity contribution in [1.29, 1.82) is 0 Å². The first-order valence-electron chi connectivity index (χ1n) is 6.73. The molecule has 0 bridgehead atoms. The van der Waals surface area contributed by atoms with Crippen molar-refractivity contribution in [1.82, 2.24) is 5.32 Å². The Hall–Kier alpha value is -1.02. The molecule has 0 aromatic heterocycles. The first kappa shape index (κ1) is 12.4. The second kappa shape index (κ2) is 6.06. The van der Waals surface area contributed by atoms with Crippen LogP contribution >= 0.6 is 0 Å². The van der Waals surface area contributed by atoms with Gasteiger partial charge in [0.15, 0.2) is 0 Å². The highest BCUT2D eigenvalue weighted by Crippen LogP contribution is 2.34. The van der Waals surface area contributed by atoms with E-state index in [1.807, 2.05) is 13.0 Å². The summed E-state index contributed by atoms with van der Waals surface area (Å²) in [6.45, 7) is 2.78. The van der Waals surface area contributed by atoms with Crippen molar-refractivity contribution in [3.8, 4) is 5.75 Å². The molecular formula is C15H23NO. The van der Waals surface area contributed by atoms with Crippen LogP contribution in [0.15, 0.2) is 24.3 Å². The number of benzene rings is 1. The molecule has 1 fully saturated rings. The summed E-state index contributed by atoms with van der Waals surface area (Å²) >= 11 is 0. The van der Waals surface area contributed by atoms with Gasteiger partial charge in [-0.1, -0.05) is 12.1 Å². The van der Waals surface area contributed by atoms with Crippen molar-refractivity contribution in [2.45, 2.75) is 44.6 Å². The fraction of sp³-hybridized carbons (Fsp3) is 0.600. The van der Waals surface area contributed by atoms with E-state index >= 15 is 0 Å². The van der Waals surface area contributed by atoms with Crippen molar-refractivity contribution in [2.24, 2.45) is 0 Å². The largest absolute Gasteiger partial charge is 0.494 e. The normalized spacial score (nSPS) is 24.6. The highest BCUT2D eigenvalue weighted by atomic mass is 16.5. The number of hydrogen-bond donors (Lipinski definition) is 1. The van der Waals surface area contributed by atoms with E-state index in [2.05, 4.69) is 30.6 Å². The van der Waals surface area contributed by atoms with E-state index in [4.69, 9.17) is 4.74 Å². The minimum Gasteiger partial charge on any atom is -0.494 e. The summed E-state index contributed by atoms with van der Waals surface area (Å²) in [4.78, 5) is 0. The molecule has 1 aliphatic rings. The van der Waals surface area contributed by atoms with Crippen LogP contribution in [-0.4, -0.2) is 19.7 Å². The van der Waals surface area contributed by atoms with E-state index < -0.39 is 0 Å². The summed E-state index contributed by atoms with van der Waals surface area (Å²) in [6.07, 6.45) is 5.17. The monoisotopic (exact) mass is 233 g/mol. The molecule has 1 aromatic rings. The van der Waals surface area contributed by atoms with Crippen molar-refractivity contribution in [3.63, 3.8) is 0 Å². The Morgan fingerprint density at radius 2 is 2.00 bits per heavy atom. The molecule has 94 valence electrons. The van der Waals surface area contributed by atoms with E-state index in [0.717, 1.165) is 24.3 Å². The maximum Gasteiger partial charge on any atom is 0.119 e. The predicted octanol–water partition coefficient (Wildman–Crippen LogP) is 3.33. The molecule has 1 aromatic carbocycles. The van der Waals surface area contributed by atoms with Crippen LogP contribution < -0.4 is 10.1 Å². The maximum atomic E-state index is 5.57. The Morgan fingerprint density at radius 1 is 1.24 bits per heavy atom. The van der Waals surface area contributed by atoms with E-state index in [-0.39, 0.29) is 0 Å². The van der Waals surface area contributed by atoms with Crippen molar-refractivity contribution in [2.75, 3.05) is 13.7 Å². The van der Waals surface area contributed by atoms with Gasteiger partial charge in [0.05, 0.1) is 6.61 Å². The van der Waals surface area contributed by atoms with Crippen LogP contribution in [0.5, 0.6) is 5.75 Å². The Labute approximate surface area is 104 Å². The van der Waals surface area contributed by atoms with Gasteiger partial charge in [-0.05, 0) is 63.3 Å². The summed E-state index contributed by atoms with van der Waals surface area (Å²) in [6, 6.07) is 9.35. The van der Waals surface area contributed by atoms with Crippen LogP contribution in [0.4, 0.5) is 0 Å². The molecule has 0 spiro atoms. The lowest BCUT2D eigenvalue weighted by Crippen LogP contribution is -2.29. The summed E-state index contributed by atoms with van der Waals surface area (Å²) in [5.41, 5.74) is 1.45. The molecule has 2 rings (SSSR count). The molecule has 0 atom stereocenters. The zero-order valence-electron chi connectivity index (χ0n) is 10.9. The third-order valence-corrected chi connectivity index (χ3v) is 3.78. The van der Waals surface area contributed by atoms with Crippen molar-refractivity contribution in [3.05, 3.63) is 29.8 Å². The molecule has 17 heavy (non-hydrogen) atoms. The van der Waals surface area contributed by atoms with Gasteiger partial charge in [0.2, 0.25) is 0 Å². The Morgan fingerprint density at radius 3 is 2.65 bits per heavy atom. The fourth-order valence-corrected chi connectivity index (χ4v) is 2.74. The molecule has 0 unspecified atom stereocenters. The fourth-order valence-electron chi connectivity index (χ4n) is 2.74. The van der Waals surface area contributed by atoms with Gasteiger partial charge in [-0.25, -0.2) is 0 Å². The van der Waals surface area contributed by atoms with E-state index in [9.17, 15) is 0 Å². The number of hydrogen-bond acceptors (Lipinski definition) is 2. The maximum absolute atomic E-state index is 5.57. The zero-order valence-corrected chi connectivity index (χ0v) is 10.9. The summed E-state index contributed by atoms with van der Waals surface area (Å²) < 4.78 is 5.57. The molecule has 2 heteroatoms. The van der Waals surface area contributed by atoms with Crippen molar-refractivity contribution >= 4 is 0 Å². The van der Waals surface area contributed by atoms with Gasteiger partial charge in [-0.2, -0.15) is 0 Å². The first-order valence-corrected chi connectivity index (χ1v) is 6.73. The first-order chi connectivity index (χ1) is 8.33. The second-order valence-corrected chi connectivity index (χ2v) is 4.84. The molecule has 0 saturated heterocycles. The van der Waals surface area contributed by atoms with Crippen LogP contribution in [0.1, 0.15) is 44.1 Å². The topological polar surface area (TPSA) is 21.3 Å². The van der Waals surface area contributed by atoms with E-state index in [0.29, 0.717) is 0 Å². The number of ether oxygens (including phenoxy) is 1. The van der Waals surface area contributed by atoms with Gasteiger partial charge >= 0.3 is 0 Å². The van der Waals surface area contributed by atoms with Gasteiger partial charge in [-0.15, -0.1) is 0 Å². The highest BCUT2D eigenvalue weighted by Gasteiger charge is 2.21. The van der Waals surface area contributed by atoms with Gasteiger partial charge < -0.3 is 10.1 Å². The summed E-state index contributed by atoms with van der Waals surface area (Å²) in [7, 11) is 2.07. The van der Waals surface area contributed by atoms with Crippen LogP contribution in [0.3, 0.4) is 0 Å². The average Bonchev–Trinajstić information content (AvgIpc) is 2.40. The summed E-state index contributed by atoms with van der Waals surface area (Å²) in [5, 5.41) is 3.38. The Balaban J connectivity index is 2.00. The SMILES string of the molecule is CCOc1cccc(C2CCC(NC)CC2)c1. The number of rotatable bonds is 4. The van der Waals surface area contributed by atoms with Crippen LogP contribution in [0.2, 0.25) is 0 Å². The Bertz CT molecular complexity index is 343. The summed E-state index contributed by atoms with van der Waals surface area (Å²) in [5.74, 6) is 1.74. The molecule has 1 aliphatic carbocycles. The lowest BCUT2D eigenvalue weighted by Gasteiger charge is -2.28. The predicted molar refractivity (Wildman–Crippen MR) is 71.7 cm³/mol. The van der Waals surface area contributed by atoms with Crippen LogP contribution in [-0.2, 0) is 0 Å². The van der Waals surface area contributed by atoms with E-state index in [1.165, 1.54) is 31.2 Å². The van der Waals surface area contributed by atoms with Gasteiger partial charge in [-0.3, -0.25) is 0 Å². The molecule has 0 radical (unpaired) electrons.